The fourth-order valence-corrected chi connectivity index (χ4v) is 2.09. The standard InChI is InChI=1S/C17H16ClNO4/c18-13-6-7-14(15(20)10-13)17(22)23-11-16(21)19-9-8-12-4-2-1-3-5-12/h1-7,10,20H,8-9,11H2,(H,19,21). The zero-order chi connectivity index (χ0) is 16.7. The number of amides is 1. The smallest absolute Gasteiger partial charge is 0.342 e. The molecule has 23 heavy (non-hydrogen) atoms. The Morgan fingerprint density at radius 1 is 1.13 bits per heavy atom. The molecule has 5 nitrogen and oxygen atoms in total. The van der Waals surface area contributed by atoms with Crippen LogP contribution in [0.25, 0.3) is 0 Å². The molecule has 0 aliphatic carbocycles. The Labute approximate surface area is 138 Å². The molecule has 6 heteroatoms. The summed E-state index contributed by atoms with van der Waals surface area (Å²) >= 11 is 5.68. The van der Waals surface area contributed by atoms with E-state index in [4.69, 9.17) is 16.3 Å². The molecule has 0 atom stereocenters. The average Bonchev–Trinajstić information content (AvgIpc) is 2.53. The summed E-state index contributed by atoms with van der Waals surface area (Å²) in [6, 6.07) is 13.7. The van der Waals surface area contributed by atoms with Crippen molar-refractivity contribution in [3.05, 3.63) is 64.7 Å². The van der Waals surface area contributed by atoms with Crippen LogP contribution in [0, 0.1) is 0 Å². The number of benzene rings is 2. The van der Waals surface area contributed by atoms with Gasteiger partial charge in [0.05, 0.1) is 0 Å². The highest BCUT2D eigenvalue weighted by Gasteiger charge is 2.14. The third-order valence-corrected chi connectivity index (χ3v) is 3.33. The zero-order valence-corrected chi connectivity index (χ0v) is 13.0. The van der Waals surface area contributed by atoms with Crippen molar-refractivity contribution in [1.29, 1.82) is 0 Å². The number of aromatic hydroxyl groups is 1. The van der Waals surface area contributed by atoms with Crippen LogP contribution in [0.1, 0.15) is 15.9 Å². The highest BCUT2D eigenvalue weighted by Crippen LogP contribution is 2.22. The molecule has 2 N–H and O–H groups in total. The lowest BCUT2D eigenvalue weighted by Gasteiger charge is -2.08. The van der Waals surface area contributed by atoms with Crippen LogP contribution < -0.4 is 5.32 Å². The highest BCUT2D eigenvalue weighted by molar-refractivity contribution is 6.30. The van der Waals surface area contributed by atoms with Crippen LogP contribution in [-0.2, 0) is 16.0 Å². The molecule has 1 amide bonds. The minimum atomic E-state index is -0.780. The maximum Gasteiger partial charge on any atom is 0.342 e. The summed E-state index contributed by atoms with van der Waals surface area (Å²) in [5.74, 6) is -1.47. The first-order chi connectivity index (χ1) is 11.1. The van der Waals surface area contributed by atoms with E-state index >= 15 is 0 Å². The highest BCUT2D eigenvalue weighted by atomic mass is 35.5. The Hall–Kier alpha value is -2.53. The van der Waals surface area contributed by atoms with Crippen LogP contribution >= 0.6 is 11.6 Å². The van der Waals surface area contributed by atoms with Crippen molar-refractivity contribution in [2.45, 2.75) is 6.42 Å². The summed E-state index contributed by atoms with van der Waals surface area (Å²) < 4.78 is 4.86. The Morgan fingerprint density at radius 2 is 1.87 bits per heavy atom. The van der Waals surface area contributed by atoms with Gasteiger partial charge in [0.2, 0.25) is 0 Å². The number of halogens is 1. The number of nitrogens with one attached hydrogen (secondary N) is 1. The summed E-state index contributed by atoms with van der Waals surface area (Å²) in [4.78, 5) is 23.4. The third-order valence-electron chi connectivity index (χ3n) is 3.09. The number of carbonyl (C=O) groups excluding carboxylic acids is 2. The van der Waals surface area contributed by atoms with Crippen LogP contribution in [0.2, 0.25) is 5.02 Å². The van der Waals surface area contributed by atoms with Crippen molar-refractivity contribution in [3.63, 3.8) is 0 Å². The molecular weight excluding hydrogens is 318 g/mol. The van der Waals surface area contributed by atoms with E-state index in [1.807, 2.05) is 30.3 Å². The lowest BCUT2D eigenvalue weighted by atomic mass is 10.1. The average molecular weight is 334 g/mol. The quantitative estimate of drug-likeness (QED) is 0.797. The number of phenols is 1. The lowest BCUT2D eigenvalue weighted by Crippen LogP contribution is -2.30. The minimum absolute atomic E-state index is 0.0357. The second kappa shape index (κ2) is 8.19. The first kappa shape index (κ1) is 16.8. The topological polar surface area (TPSA) is 75.6 Å². The Bertz CT molecular complexity index is 688. The van der Waals surface area contributed by atoms with Crippen molar-refractivity contribution < 1.29 is 19.4 Å². The molecule has 2 aromatic carbocycles. The van der Waals surface area contributed by atoms with Crippen LogP contribution in [0.5, 0.6) is 5.75 Å². The van der Waals surface area contributed by atoms with Crippen LogP contribution in [0.4, 0.5) is 0 Å². The van der Waals surface area contributed by atoms with E-state index in [9.17, 15) is 14.7 Å². The maximum atomic E-state index is 11.8. The van der Waals surface area contributed by atoms with Gasteiger partial charge in [0.25, 0.3) is 5.91 Å². The normalized spacial score (nSPS) is 10.1. The molecule has 0 aliphatic heterocycles. The fourth-order valence-electron chi connectivity index (χ4n) is 1.93. The zero-order valence-electron chi connectivity index (χ0n) is 12.3. The number of hydrogen-bond donors (Lipinski definition) is 2. The summed E-state index contributed by atoms with van der Waals surface area (Å²) in [5, 5.41) is 12.6. The van der Waals surface area contributed by atoms with Gasteiger partial charge >= 0.3 is 5.97 Å². The molecule has 120 valence electrons. The fraction of sp³-hybridized carbons (Fsp3) is 0.176. The molecule has 2 rings (SSSR count). The Kier molecular flexibility index (Phi) is 6.00. The third kappa shape index (κ3) is 5.30. The van der Waals surface area contributed by atoms with Crippen LogP contribution in [0.15, 0.2) is 48.5 Å². The first-order valence-corrected chi connectivity index (χ1v) is 7.40. The van der Waals surface area contributed by atoms with Gasteiger partial charge in [-0.05, 0) is 30.2 Å². The number of hydrogen-bond acceptors (Lipinski definition) is 4. The number of phenolic OH excluding ortho intramolecular Hbond substituents is 1. The molecule has 0 heterocycles. The lowest BCUT2D eigenvalue weighted by molar-refractivity contribution is -0.124. The number of carbonyl (C=O) groups is 2. The monoisotopic (exact) mass is 333 g/mol. The number of rotatable bonds is 6. The van der Waals surface area contributed by atoms with E-state index in [0.717, 1.165) is 5.56 Å². The molecule has 0 spiro atoms. The van der Waals surface area contributed by atoms with Gasteiger partial charge in [-0.25, -0.2) is 4.79 Å². The molecular formula is C17H16ClNO4. The number of esters is 1. The van der Waals surface area contributed by atoms with Gasteiger partial charge in [0.1, 0.15) is 11.3 Å². The van der Waals surface area contributed by atoms with E-state index in [0.29, 0.717) is 18.0 Å². The first-order valence-electron chi connectivity index (χ1n) is 7.02. The largest absolute Gasteiger partial charge is 0.507 e. The van der Waals surface area contributed by atoms with Gasteiger partial charge in [0.15, 0.2) is 6.61 Å². The van der Waals surface area contributed by atoms with Crippen LogP contribution in [-0.4, -0.2) is 30.1 Å². The molecule has 0 saturated heterocycles. The second-order valence-corrected chi connectivity index (χ2v) is 5.26. The molecule has 0 saturated carbocycles. The van der Waals surface area contributed by atoms with Gasteiger partial charge in [-0.3, -0.25) is 4.79 Å². The molecule has 0 radical (unpaired) electrons. The predicted octanol–water partition coefficient (Wildman–Crippen LogP) is 2.56. The van der Waals surface area contributed by atoms with E-state index < -0.39 is 18.5 Å². The summed E-state index contributed by atoms with van der Waals surface area (Å²) in [6.45, 7) is 0.0439. The van der Waals surface area contributed by atoms with Crippen molar-refractivity contribution in [2.75, 3.05) is 13.2 Å². The van der Waals surface area contributed by atoms with Gasteiger partial charge in [-0.15, -0.1) is 0 Å². The van der Waals surface area contributed by atoms with Gasteiger partial charge in [-0.2, -0.15) is 0 Å². The molecule has 2 aromatic rings. The molecule has 0 unspecified atom stereocenters. The Balaban J connectivity index is 1.74. The SMILES string of the molecule is O=C(COC(=O)c1ccc(Cl)cc1O)NCCc1ccccc1. The predicted molar refractivity (Wildman–Crippen MR) is 86.6 cm³/mol. The van der Waals surface area contributed by atoms with E-state index in [1.165, 1.54) is 18.2 Å². The van der Waals surface area contributed by atoms with Crippen molar-refractivity contribution in [1.82, 2.24) is 5.32 Å². The molecule has 0 aromatic heterocycles. The van der Waals surface area contributed by atoms with E-state index in [1.54, 1.807) is 0 Å². The van der Waals surface area contributed by atoms with Crippen LogP contribution in [0.3, 0.4) is 0 Å². The Morgan fingerprint density at radius 3 is 2.57 bits per heavy atom. The van der Waals surface area contributed by atoms with E-state index in [-0.39, 0.29) is 11.3 Å². The molecule has 0 bridgehead atoms. The maximum absolute atomic E-state index is 11.8. The van der Waals surface area contributed by atoms with Gasteiger partial charge in [0, 0.05) is 11.6 Å². The van der Waals surface area contributed by atoms with Gasteiger partial charge < -0.3 is 15.2 Å². The summed E-state index contributed by atoms with van der Waals surface area (Å²) in [6.07, 6.45) is 0.693. The summed E-state index contributed by atoms with van der Waals surface area (Å²) in [7, 11) is 0. The van der Waals surface area contributed by atoms with Crippen molar-refractivity contribution in [2.24, 2.45) is 0 Å². The molecule has 0 fully saturated rings. The summed E-state index contributed by atoms with van der Waals surface area (Å²) in [5.41, 5.74) is 1.07. The molecule has 0 aliphatic rings. The minimum Gasteiger partial charge on any atom is -0.507 e. The van der Waals surface area contributed by atoms with Gasteiger partial charge in [-0.1, -0.05) is 41.9 Å². The van der Waals surface area contributed by atoms with Crippen molar-refractivity contribution >= 4 is 23.5 Å². The van der Waals surface area contributed by atoms with E-state index in [2.05, 4.69) is 5.32 Å². The second-order valence-electron chi connectivity index (χ2n) is 4.82. The van der Waals surface area contributed by atoms with Crippen molar-refractivity contribution in [3.8, 4) is 5.75 Å². The number of ether oxygens (including phenoxy) is 1.